The minimum absolute atomic E-state index is 0.0315. The number of nitrogens with zero attached hydrogens (tertiary/aromatic N) is 1. The molecular weight excluding hydrogens is 537 g/mol. The third kappa shape index (κ3) is 6.42. The molecule has 1 fully saturated rings. The van der Waals surface area contributed by atoms with E-state index in [4.69, 9.17) is 14.2 Å². The fourth-order valence-corrected chi connectivity index (χ4v) is 4.33. The first-order valence-electron chi connectivity index (χ1n) is 12.1. The van der Waals surface area contributed by atoms with E-state index in [1.165, 1.54) is 19.1 Å². The Kier molecular flexibility index (Phi) is 8.43. The van der Waals surface area contributed by atoms with Gasteiger partial charge in [0.15, 0.2) is 0 Å². The Morgan fingerprint density at radius 3 is 2.50 bits per heavy atom. The van der Waals surface area contributed by atoms with Crippen LogP contribution in [0.5, 0.6) is 5.75 Å². The molecule has 1 saturated heterocycles. The van der Waals surface area contributed by atoms with Crippen LogP contribution in [0.25, 0.3) is 0 Å². The number of allylic oxidation sites excluding steroid dienone is 2. The first-order valence-corrected chi connectivity index (χ1v) is 12.1. The molecule has 40 heavy (non-hydrogen) atoms. The Bertz CT molecular complexity index is 1380. The zero-order chi connectivity index (χ0) is 29.0. The van der Waals surface area contributed by atoms with E-state index >= 15 is 0 Å². The van der Waals surface area contributed by atoms with Crippen LogP contribution < -0.4 is 10.1 Å². The van der Waals surface area contributed by atoms with Gasteiger partial charge in [0.05, 0.1) is 42.3 Å². The summed E-state index contributed by atoms with van der Waals surface area (Å²) in [6.45, 7) is 2.04. The van der Waals surface area contributed by atoms with E-state index in [9.17, 15) is 32.9 Å². The van der Waals surface area contributed by atoms with Crippen LogP contribution in [0.2, 0.25) is 0 Å². The molecule has 0 bridgehead atoms. The lowest BCUT2D eigenvalue weighted by atomic mass is 9.80. The molecule has 212 valence electrons. The summed E-state index contributed by atoms with van der Waals surface area (Å²) >= 11 is 0. The van der Waals surface area contributed by atoms with Crippen molar-refractivity contribution < 1.29 is 46.6 Å². The number of nitro groups is 1. The van der Waals surface area contributed by atoms with Gasteiger partial charge in [-0.25, -0.2) is 9.59 Å². The van der Waals surface area contributed by atoms with Crippen LogP contribution in [0.15, 0.2) is 71.1 Å². The maximum atomic E-state index is 14.0. The number of hydrogen-bond acceptors (Lipinski definition) is 9. The van der Waals surface area contributed by atoms with E-state index in [1.54, 1.807) is 24.3 Å². The molecule has 2 aliphatic rings. The van der Waals surface area contributed by atoms with Crippen LogP contribution in [-0.2, 0) is 30.2 Å². The number of alkyl halides is 3. The fourth-order valence-electron chi connectivity index (χ4n) is 4.33. The highest BCUT2D eigenvalue weighted by molar-refractivity contribution is 6.00. The number of benzene rings is 2. The molecule has 0 aliphatic carbocycles. The highest BCUT2D eigenvalue weighted by atomic mass is 19.4. The minimum Gasteiger partial charge on any atom is -0.491 e. The highest BCUT2D eigenvalue weighted by Gasteiger charge is 2.47. The monoisotopic (exact) mass is 562 g/mol. The van der Waals surface area contributed by atoms with Crippen molar-refractivity contribution in [2.24, 2.45) is 0 Å². The smallest absolute Gasteiger partial charge is 0.431 e. The van der Waals surface area contributed by atoms with Crippen LogP contribution in [0.4, 0.5) is 18.9 Å². The van der Waals surface area contributed by atoms with Crippen molar-refractivity contribution in [2.45, 2.75) is 31.5 Å². The molecule has 2 atom stereocenters. The van der Waals surface area contributed by atoms with Gasteiger partial charge >= 0.3 is 18.1 Å². The van der Waals surface area contributed by atoms with Crippen molar-refractivity contribution in [2.75, 3.05) is 26.9 Å². The van der Waals surface area contributed by atoms with Gasteiger partial charge in [-0.05, 0) is 24.1 Å². The number of carbonyl (C=O) groups excluding carboxylic acids is 2. The molecule has 2 heterocycles. The lowest BCUT2D eigenvalue weighted by Crippen LogP contribution is -2.38. The second-order valence-electron chi connectivity index (χ2n) is 8.99. The number of hydrogen-bond donors (Lipinski definition) is 1. The van der Waals surface area contributed by atoms with Gasteiger partial charge in [-0.2, -0.15) is 13.2 Å². The summed E-state index contributed by atoms with van der Waals surface area (Å²) in [7, 11) is 0.895. The first-order chi connectivity index (χ1) is 19.0. The standard InChI is InChI=1S/C27H25F3N2O8/c1-15-21(26(34)38-11-10-16-6-3-4-9-20(16)40-14-19-13-39-19)22(17-7-5-8-18(12-17)32(35)36)23(25(33)37-2)24(31-15)27(28,29)30/h3-9,12,19,22,31H,10-11,13-14H2,1-2H3. The van der Waals surface area contributed by atoms with E-state index in [2.05, 4.69) is 10.1 Å². The molecule has 13 heteroatoms. The maximum Gasteiger partial charge on any atom is 0.431 e. The van der Waals surface area contributed by atoms with Crippen molar-refractivity contribution in [3.63, 3.8) is 0 Å². The summed E-state index contributed by atoms with van der Waals surface area (Å²) in [4.78, 5) is 36.7. The minimum atomic E-state index is -5.03. The number of ether oxygens (including phenoxy) is 4. The third-order valence-corrected chi connectivity index (χ3v) is 6.29. The summed E-state index contributed by atoms with van der Waals surface area (Å²) in [5.74, 6) is -3.45. The molecule has 0 spiro atoms. The van der Waals surface area contributed by atoms with Gasteiger partial charge in [0.2, 0.25) is 0 Å². The third-order valence-electron chi connectivity index (χ3n) is 6.29. The topological polar surface area (TPSA) is 130 Å². The molecule has 2 unspecified atom stereocenters. The van der Waals surface area contributed by atoms with Crippen molar-refractivity contribution in [3.05, 3.63) is 92.3 Å². The van der Waals surface area contributed by atoms with E-state index in [-0.39, 0.29) is 36.0 Å². The second-order valence-corrected chi connectivity index (χ2v) is 8.99. The van der Waals surface area contributed by atoms with Crippen molar-refractivity contribution in [1.82, 2.24) is 5.32 Å². The van der Waals surface area contributed by atoms with E-state index < -0.39 is 45.9 Å². The molecule has 0 radical (unpaired) electrons. The van der Waals surface area contributed by atoms with Crippen molar-refractivity contribution in [3.8, 4) is 5.75 Å². The summed E-state index contributed by atoms with van der Waals surface area (Å²) in [6.07, 6.45) is -4.78. The van der Waals surface area contributed by atoms with Gasteiger partial charge in [-0.1, -0.05) is 30.3 Å². The molecular formula is C27H25F3N2O8. The van der Waals surface area contributed by atoms with Gasteiger partial charge in [0, 0.05) is 24.3 Å². The molecule has 4 rings (SSSR count). The van der Waals surface area contributed by atoms with E-state index in [0.717, 1.165) is 24.8 Å². The number of epoxide rings is 1. The number of esters is 2. The largest absolute Gasteiger partial charge is 0.491 e. The normalized spacial score (nSPS) is 18.6. The Labute approximate surface area is 226 Å². The number of non-ortho nitro benzene ring substituents is 1. The molecule has 1 N–H and O–H groups in total. The Morgan fingerprint density at radius 1 is 1.12 bits per heavy atom. The van der Waals surface area contributed by atoms with Gasteiger partial charge in [0.1, 0.15) is 24.2 Å². The molecule has 2 aromatic carbocycles. The number of rotatable bonds is 10. The molecule has 10 nitrogen and oxygen atoms in total. The van der Waals surface area contributed by atoms with Crippen molar-refractivity contribution >= 4 is 17.6 Å². The average Bonchev–Trinajstić information content (AvgIpc) is 3.75. The molecule has 0 amide bonds. The zero-order valence-corrected chi connectivity index (χ0v) is 21.4. The SMILES string of the molecule is COC(=O)C1=C(C(F)(F)F)NC(C)=C(C(=O)OCCc2ccccc2OCC2CO2)C1c1cccc([N+](=O)[O-])c1. The van der Waals surface area contributed by atoms with Crippen molar-refractivity contribution in [1.29, 1.82) is 0 Å². The first kappa shape index (κ1) is 28.6. The molecule has 0 saturated carbocycles. The van der Waals surface area contributed by atoms with Crippen LogP contribution >= 0.6 is 0 Å². The Hall–Kier alpha value is -4.39. The average molecular weight is 562 g/mol. The molecule has 0 aromatic heterocycles. The summed E-state index contributed by atoms with van der Waals surface area (Å²) < 4.78 is 63.1. The Balaban J connectivity index is 1.65. The van der Waals surface area contributed by atoms with Gasteiger partial charge < -0.3 is 24.3 Å². The quantitative estimate of drug-likeness (QED) is 0.197. The van der Waals surface area contributed by atoms with Gasteiger partial charge in [-0.15, -0.1) is 0 Å². The number of halogens is 3. The molecule has 2 aromatic rings. The van der Waals surface area contributed by atoms with Crippen LogP contribution in [-0.4, -0.2) is 56.1 Å². The zero-order valence-electron chi connectivity index (χ0n) is 21.4. The second kappa shape index (κ2) is 11.8. The number of para-hydroxylation sites is 1. The molecule has 2 aliphatic heterocycles. The lowest BCUT2D eigenvalue weighted by Gasteiger charge is -2.32. The maximum absolute atomic E-state index is 14.0. The number of dihydropyridines is 1. The van der Waals surface area contributed by atoms with Crippen LogP contribution in [0.3, 0.4) is 0 Å². The van der Waals surface area contributed by atoms with Gasteiger partial charge in [-0.3, -0.25) is 10.1 Å². The van der Waals surface area contributed by atoms with E-state index in [0.29, 0.717) is 19.0 Å². The number of carbonyl (C=O) groups is 2. The predicted molar refractivity (Wildman–Crippen MR) is 133 cm³/mol. The lowest BCUT2D eigenvalue weighted by molar-refractivity contribution is -0.384. The Morgan fingerprint density at radius 2 is 1.85 bits per heavy atom. The highest BCUT2D eigenvalue weighted by Crippen LogP contribution is 2.44. The predicted octanol–water partition coefficient (Wildman–Crippen LogP) is 4.11. The fraction of sp³-hybridized carbons (Fsp3) is 0.333. The van der Waals surface area contributed by atoms with Gasteiger partial charge in [0.25, 0.3) is 5.69 Å². The van der Waals surface area contributed by atoms with Crippen LogP contribution in [0.1, 0.15) is 24.0 Å². The summed E-state index contributed by atoms with van der Waals surface area (Å²) in [5, 5.41) is 13.5. The number of methoxy groups -OCH3 is 1. The number of nitro benzene ring substituents is 1. The number of nitrogens with one attached hydrogen (secondary N) is 1. The summed E-state index contributed by atoms with van der Waals surface area (Å²) in [6, 6.07) is 11.8. The summed E-state index contributed by atoms with van der Waals surface area (Å²) in [5.41, 5.74) is -2.70. The van der Waals surface area contributed by atoms with E-state index in [1.807, 2.05) is 0 Å². The van der Waals surface area contributed by atoms with Crippen LogP contribution in [0, 0.1) is 10.1 Å².